The van der Waals surface area contributed by atoms with Gasteiger partial charge in [0.15, 0.2) is 0 Å². The Morgan fingerprint density at radius 2 is 2.04 bits per heavy atom. The molecule has 0 spiro atoms. The molecule has 0 unspecified atom stereocenters. The van der Waals surface area contributed by atoms with Gasteiger partial charge >= 0.3 is 5.69 Å². The number of nitrogens with two attached hydrogens (primary N) is 1. The van der Waals surface area contributed by atoms with Crippen molar-refractivity contribution < 1.29 is 0 Å². The summed E-state index contributed by atoms with van der Waals surface area (Å²) in [4.78, 5) is 31.9. The maximum Gasteiger partial charge on any atom is 0.355 e. The second-order valence-corrected chi connectivity index (χ2v) is 7.63. The van der Waals surface area contributed by atoms with Gasteiger partial charge < -0.3 is 16.1 Å². The van der Waals surface area contributed by atoms with Crippen LogP contribution in [0, 0.1) is 12.8 Å². The maximum absolute atomic E-state index is 12.6. The molecule has 0 aromatic carbocycles. The van der Waals surface area contributed by atoms with E-state index in [1.54, 1.807) is 0 Å². The Morgan fingerprint density at radius 3 is 2.69 bits per heavy atom. The van der Waals surface area contributed by atoms with E-state index in [9.17, 15) is 9.59 Å². The molecule has 2 aromatic heterocycles. The molecule has 1 aliphatic heterocycles. The normalized spacial score (nSPS) is 21.5. The number of nitrogens with zero attached hydrogens (tertiary/aromatic N) is 4. The van der Waals surface area contributed by atoms with Crippen LogP contribution in [-0.2, 0) is 0 Å². The van der Waals surface area contributed by atoms with Crippen LogP contribution in [0.1, 0.15) is 43.2 Å². The second kappa shape index (κ2) is 6.12. The molecule has 1 aliphatic carbocycles. The van der Waals surface area contributed by atoms with E-state index in [-0.39, 0.29) is 11.5 Å². The summed E-state index contributed by atoms with van der Waals surface area (Å²) in [5.41, 5.74) is 1.33. The minimum atomic E-state index is -0.542. The second-order valence-electron chi connectivity index (χ2n) is 7.63. The quantitative estimate of drug-likeness (QED) is 0.757. The molecule has 2 fully saturated rings. The van der Waals surface area contributed by atoms with Crippen LogP contribution in [0.3, 0.4) is 0 Å². The lowest BCUT2D eigenvalue weighted by Crippen LogP contribution is -2.44. The smallest absolute Gasteiger partial charge is 0.355 e. The molecule has 3 heterocycles. The molecule has 2 aliphatic rings. The predicted octanol–water partition coefficient (Wildman–Crippen LogP) is 0.190. The molecule has 8 heteroatoms. The van der Waals surface area contributed by atoms with Gasteiger partial charge in [-0.3, -0.25) is 4.79 Å². The fraction of sp³-hybridized carbons (Fsp3) is 0.611. The molecule has 1 saturated carbocycles. The molecule has 4 rings (SSSR count). The molecule has 1 saturated heterocycles. The Labute approximate surface area is 151 Å². The number of aryl methyl sites for hydroxylation is 1. The first-order valence-corrected chi connectivity index (χ1v) is 9.28. The lowest BCUT2D eigenvalue weighted by atomic mass is 10.0. The van der Waals surface area contributed by atoms with E-state index in [1.165, 1.54) is 10.7 Å². The van der Waals surface area contributed by atoms with Gasteiger partial charge in [0.05, 0.1) is 5.52 Å². The highest BCUT2D eigenvalue weighted by atomic mass is 16.2. The summed E-state index contributed by atoms with van der Waals surface area (Å²) in [5, 5.41) is 3.33. The van der Waals surface area contributed by atoms with E-state index in [4.69, 9.17) is 5.84 Å². The van der Waals surface area contributed by atoms with Gasteiger partial charge in [0, 0.05) is 30.3 Å². The molecule has 0 bridgehead atoms. The average Bonchev–Trinajstić information content (AvgIpc) is 3.35. The van der Waals surface area contributed by atoms with Crippen LogP contribution in [0.25, 0.3) is 5.52 Å². The highest BCUT2D eigenvalue weighted by molar-refractivity contribution is 5.69. The van der Waals surface area contributed by atoms with Gasteiger partial charge in [-0.05, 0) is 52.0 Å². The molecule has 0 amide bonds. The molecule has 2 aromatic rings. The molecule has 140 valence electrons. The third-order valence-electron chi connectivity index (χ3n) is 6.02. The minimum absolute atomic E-state index is 0.192. The van der Waals surface area contributed by atoms with E-state index in [0.29, 0.717) is 27.7 Å². The third-order valence-corrected chi connectivity index (χ3v) is 6.02. The maximum atomic E-state index is 12.6. The van der Waals surface area contributed by atoms with Crippen LogP contribution in [0.5, 0.6) is 0 Å². The summed E-state index contributed by atoms with van der Waals surface area (Å²) in [6.07, 6.45) is 4.54. The average molecular weight is 358 g/mol. The zero-order valence-corrected chi connectivity index (χ0v) is 15.5. The Morgan fingerprint density at radius 1 is 1.31 bits per heavy atom. The van der Waals surface area contributed by atoms with Crippen LogP contribution in [0.2, 0.25) is 0 Å². The molecule has 0 radical (unpaired) electrons. The van der Waals surface area contributed by atoms with Gasteiger partial charge in [-0.25, -0.2) is 14.2 Å². The highest BCUT2D eigenvalue weighted by Crippen LogP contribution is 2.41. The molecule has 3 N–H and O–H groups in total. The van der Waals surface area contributed by atoms with Gasteiger partial charge in [-0.15, -0.1) is 0 Å². The largest absolute Gasteiger partial charge is 0.356 e. The van der Waals surface area contributed by atoms with Crippen molar-refractivity contribution in [3.8, 4) is 0 Å². The van der Waals surface area contributed by atoms with Crippen LogP contribution in [0.4, 0.5) is 5.82 Å². The number of anilines is 1. The number of rotatable bonds is 4. The van der Waals surface area contributed by atoms with Crippen molar-refractivity contribution >= 4 is 11.3 Å². The van der Waals surface area contributed by atoms with Crippen LogP contribution in [0.15, 0.2) is 15.9 Å². The summed E-state index contributed by atoms with van der Waals surface area (Å²) >= 11 is 0. The fourth-order valence-electron chi connectivity index (χ4n) is 4.15. The first-order chi connectivity index (χ1) is 12.4. The standard InChI is InChI=1S/C18H26N6O2/c1-10-15-14(12-4-5-12)17(25)24(19)18(26)23(15)9-21-16(10)22-7-6-13(8-22)11(2)20-3/h9,11-13,20H,4-8,19H2,1-3H3/t11-,13+/m0/s1. The first kappa shape index (κ1) is 17.1. The van der Waals surface area contributed by atoms with Gasteiger partial charge in [-0.1, -0.05) is 0 Å². The van der Waals surface area contributed by atoms with Crippen molar-refractivity contribution in [1.82, 2.24) is 19.4 Å². The lowest BCUT2D eigenvalue weighted by molar-refractivity contribution is 0.428. The fourth-order valence-corrected chi connectivity index (χ4v) is 4.15. The Balaban J connectivity index is 1.85. The first-order valence-electron chi connectivity index (χ1n) is 9.28. The number of hydrogen-bond donors (Lipinski definition) is 2. The zero-order valence-electron chi connectivity index (χ0n) is 15.5. The summed E-state index contributed by atoms with van der Waals surface area (Å²) in [7, 11) is 1.99. The number of nitrogens with one attached hydrogen (secondary N) is 1. The molecular weight excluding hydrogens is 332 g/mol. The van der Waals surface area contributed by atoms with Crippen LogP contribution < -0.4 is 27.3 Å². The zero-order chi connectivity index (χ0) is 18.6. The summed E-state index contributed by atoms with van der Waals surface area (Å²) < 4.78 is 2.14. The lowest BCUT2D eigenvalue weighted by Gasteiger charge is -2.23. The van der Waals surface area contributed by atoms with E-state index in [1.807, 2.05) is 14.0 Å². The summed E-state index contributed by atoms with van der Waals surface area (Å²) in [5.74, 6) is 7.33. The van der Waals surface area contributed by atoms with E-state index in [0.717, 1.165) is 43.7 Å². The van der Waals surface area contributed by atoms with Crippen molar-refractivity contribution in [2.24, 2.45) is 5.92 Å². The number of hydrogen-bond acceptors (Lipinski definition) is 6. The highest BCUT2D eigenvalue weighted by Gasteiger charge is 2.33. The minimum Gasteiger partial charge on any atom is -0.356 e. The molecule has 26 heavy (non-hydrogen) atoms. The van der Waals surface area contributed by atoms with Crippen molar-refractivity contribution in [2.75, 3.05) is 30.9 Å². The predicted molar refractivity (Wildman–Crippen MR) is 101 cm³/mol. The summed E-state index contributed by atoms with van der Waals surface area (Å²) in [6, 6.07) is 0.440. The van der Waals surface area contributed by atoms with E-state index >= 15 is 0 Å². The van der Waals surface area contributed by atoms with E-state index in [2.05, 4.69) is 22.1 Å². The van der Waals surface area contributed by atoms with Crippen LogP contribution in [-0.4, -0.2) is 40.2 Å². The topological polar surface area (TPSA) is 97.7 Å². The Hall–Kier alpha value is -2.35. The molecular formula is C18H26N6O2. The Kier molecular flexibility index (Phi) is 4.02. The van der Waals surface area contributed by atoms with Gasteiger partial charge in [-0.2, -0.15) is 4.68 Å². The number of aromatic nitrogens is 3. The number of nitrogen functional groups attached to an aromatic ring is 1. The van der Waals surface area contributed by atoms with Gasteiger partial charge in [0.2, 0.25) is 0 Å². The van der Waals surface area contributed by atoms with Crippen LogP contribution >= 0.6 is 0 Å². The van der Waals surface area contributed by atoms with E-state index < -0.39 is 5.69 Å². The summed E-state index contributed by atoms with van der Waals surface area (Å²) in [6.45, 7) is 6.00. The van der Waals surface area contributed by atoms with Crippen molar-refractivity contribution in [2.45, 2.75) is 45.1 Å². The van der Waals surface area contributed by atoms with Gasteiger partial charge in [0.25, 0.3) is 5.56 Å². The Bertz CT molecular complexity index is 974. The van der Waals surface area contributed by atoms with Crippen molar-refractivity contribution in [3.63, 3.8) is 0 Å². The SMILES string of the molecule is CN[C@@H](C)[C@@H]1CCN(c2ncn3c(=O)n(N)c(=O)c(C4CC4)c3c2C)C1. The monoisotopic (exact) mass is 358 g/mol. The van der Waals surface area contributed by atoms with Crippen molar-refractivity contribution in [1.29, 1.82) is 0 Å². The molecule has 2 atom stereocenters. The molecule has 8 nitrogen and oxygen atoms in total. The third kappa shape index (κ3) is 2.51. The number of fused-ring (bicyclic) bond motifs is 1. The van der Waals surface area contributed by atoms with Gasteiger partial charge in [0.1, 0.15) is 12.1 Å². The van der Waals surface area contributed by atoms with Crippen molar-refractivity contribution in [3.05, 3.63) is 38.3 Å².